The van der Waals surface area contributed by atoms with Crippen LogP contribution in [0.5, 0.6) is 0 Å². The molecule has 122 valence electrons. The van der Waals surface area contributed by atoms with Crippen LogP contribution in [0.15, 0.2) is 6.07 Å². The van der Waals surface area contributed by atoms with E-state index >= 15 is 0 Å². The molecule has 4 N–H and O–H groups in total. The molecule has 11 nitrogen and oxygen atoms in total. The van der Waals surface area contributed by atoms with Crippen LogP contribution in [-0.2, 0) is 9.59 Å². The second-order valence-corrected chi connectivity index (χ2v) is 4.30. The molecule has 11 heteroatoms. The molecule has 2 amide bonds. The minimum absolute atomic E-state index is 0.619. The topological polar surface area (TPSA) is 176 Å². The van der Waals surface area contributed by atoms with Gasteiger partial charge in [0.1, 0.15) is 11.4 Å². The predicted molar refractivity (Wildman–Crippen MR) is 75.6 cm³/mol. The lowest BCUT2D eigenvalue weighted by molar-refractivity contribution is -0.383. The molecule has 0 aliphatic rings. The molecule has 23 heavy (non-hydrogen) atoms. The molecule has 0 saturated carbocycles. The lowest BCUT2D eigenvalue weighted by Gasteiger charge is -2.14. The highest BCUT2D eigenvalue weighted by atomic mass is 16.6. The van der Waals surface area contributed by atoms with Gasteiger partial charge in [0.15, 0.2) is 0 Å². The van der Waals surface area contributed by atoms with E-state index in [0.717, 1.165) is 13.8 Å². The summed E-state index contributed by atoms with van der Waals surface area (Å²) in [6.45, 7) is 1.97. The lowest BCUT2D eigenvalue weighted by atomic mass is 10.0. The number of aromatic carboxylic acids is 2. The number of nitrogens with zero attached hydrogens (tertiary/aromatic N) is 1. The van der Waals surface area contributed by atoms with Crippen LogP contribution in [0.25, 0.3) is 0 Å². The van der Waals surface area contributed by atoms with Crippen LogP contribution in [0.3, 0.4) is 0 Å². The van der Waals surface area contributed by atoms with Crippen molar-refractivity contribution in [2.75, 3.05) is 10.6 Å². The van der Waals surface area contributed by atoms with Crippen molar-refractivity contribution in [2.24, 2.45) is 0 Å². The Balaban J connectivity index is 3.95. The molecule has 0 radical (unpaired) electrons. The third kappa shape index (κ3) is 3.78. The number of nitrogens with one attached hydrogen (secondary N) is 2. The van der Waals surface area contributed by atoms with Crippen LogP contribution in [0.4, 0.5) is 17.1 Å². The van der Waals surface area contributed by atoms with Crippen molar-refractivity contribution < 1.29 is 34.3 Å². The van der Waals surface area contributed by atoms with Crippen molar-refractivity contribution in [3.05, 3.63) is 27.3 Å². The van der Waals surface area contributed by atoms with E-state index in [4.69, 9.17) is 10.2 Å². The van der Waals surface area contributed by atoms with Crippen molar-refractivity contribution in [1.29, 1.82) is 0 Å². The van der Waals surface area contributed by atoms with E-state index in [1.807, 2.05) is 10.6 Å². The van der Waals surface area contributed by atoms with E-state index in [2.05, 4.69) is 0 Å². The number of nitro benzene ring substituents is 1. The highest BCUT2D eigenvalue weighted by Gasteiger charge is 2.32. The molecule has 1 aromatic carbocycles. The van der Waals surface area contributed by atoms with Gasteiger partial charge in [-0.15, -0.1) is 0 Å². The fraction of sp³-hybridized carbons (Fsp3) is 0.167. The molecule has 0 unspecified atom stereocenters. The summed E-state index contributed by atoms with van der Waals surface area (Å²) < 4.78 is 0. The minimum atomic E-state index is -1.69. The third-order valence-electron chi connectivity index (χ3n) is 2.55. The summed E-state index contributed by atoms with van der Waals surface area (Å²) in [6, 6.07) is 0.619. The van der Waals surface area contributed by atoms with Crippen LogP contribution >= 0.6 is 0 Å². The van der Waals surface area contributed by atoms with Gasteiger partial charge in [-0.3, -0.25) is 19.7 Å². The van der Waals surface area contributed by atoms with Crippen LogP contribution in [0, 0.1) is 10.1 Å². The number of rotatable bonds is 5. The lowest BCUT2D eigenvalue weighted by Crippen LogP contribution is -2.19. The molecule has 0 bridgehead atoms. The summed E-state index contributed by atoms with van der Waals surface area (Å²) in [5.74, 6) is -5.00. The molecule has 0 aliphatic heterocycles. The van der Waals surface area contributed by atoms with Crippen LogP contribution in [-0.4, -0.2) is 38.9 Å². The van der Waals surface area contributed by atoms with Crippen molar-refractivity contribution in [3.8, 4) is 0 Å². The number of nitro groups is 1. The third-order valence-corrected chi connectivity index (χ3v) is 2.55. The fourth-order valence-electron chi connectivity index (χ4n) is 1.79. The summed E-state index contributed by atoms with van der Waals surface area (Å²) in [6.07, 6.45) is 0. The van der Waals surface area contributed by atoms with Gasteiger partial charge in [0, 0.05) is 13.8 Å². The standard InChI is InChI=1S/C12H11N3O8/c1-4(16)13-8-6(11(18)19)3-7(12(20)21)9(14-5(2)17)10(8)15(22)23/h3H,1-2H3,(H,13,16)(H,14,17)(H,18,19)(H,20,21). The van der Waals surface area contributed by atoms with Gasteiger partial charge in [0.05, 0.1) is 16.1 Å². The normalized spacial score (nSPS) is 9.83. The van der Waals surface area contributed by atoms with Gasteiger partial charge in [-0.25, -0.2) is 9.59 Å². The smallest absolute Gasteiger partial charge is 0.338 e. The number of hydrogen-bond acceptors (Lipinski definition) is 6. The quantitative estimate of drug-likeness (QED) is 0.456. The number of carboxylic acids is 2. The van der Waals surface area contributed by atoms with Gasteiger partial charge >= 0.3 is 17.6 Å². The molecule has 0 aromatic heterocycles. The highest BCUT2D eigenvalue weighted by Crippen LogP contribution is 2.39. The summed E-state index contributed by atoms with van der Waals surface area (Å²) in [4.78, 5) is 55.0. The number of carbonyl (C=O) groups excluding carboxylic acids is 2. The Morgan fingerprint density at radius 1 is 0.957 bits per heavy atom. The van der Waals surface area contributed by atoms with Gasteiger partial charge < -0.3 is 20.8 Å². The number of amides is 2. The van der Waals surface area contributed by atoms with Crippen molar-refractivity contribution >= 4 is 40.8 Å². The number of carbonyl (C=O) groups is 4. The zero-order valence-corrected chi connectivity index (χ0v) is 11.9. The summed E-state index contributed by atoms with van der Waals surface area (Å²) in [7, 11) is 0. The molecule has 0 heterocycles. The minimum Gasteiger partial charge on any atom is -0.478 e. The first kappa shape index (κ1) is 17.6. The van der Waals surface area contributed by atoms with Gasteiger partial charge in [0.25, 0.3) is 0 Å². The number of carboxylic acid groups (broad SMARTS) is 2. The predicted octanol–water partition coefficient (Wildman–Crippen LogP) is 0.908. The van der Waals surface area contributed by atoms with E-state index in [-0.39, 0.29) is 0 Å². The zero-order valence-electron chi connectivity index (χ0n) is 11.9. The summed E-state index contributed by atoms with van der Waals surface area (Å²) in [5.41, 5.74) is -4.06. The first-order valence-corrected chi connectivity index (χ1v) is 5.93. The molecule has 0 fully saturated rings. The zero-order chi connectivity index (χ0) is 17.9. The van der Waals surface area contributed by atoms with Crippen molar-refractivity contribution in [1.82, 2.24) is 0 Å². The molecule has 0 atom stereocenters. The molecule has 1 rings (SSSR count). The SMILES string of the molecule is CC(=O)Nc1c(C(=O)O)cc(C(=O)O)c(NC(C)=O)c1[N+](=O)[O-]. The van der Waals surface area contributed by atoms with E-state index in [1.165, 1.54) is 0 Å². The maximum atomic E-state index is 11.3. The number of anilines is 2. The Morgan fingerprint density at radius 3 is 1.52 bits per heavy atom. The summed E-state index contributed by atoms with van der Waals surface area (Å²) >= 11 is 0. The number of hydrogen-bond donors (Lipinski definition) is 4. The first-order chi connectivity index (χ1) is 10.6. The Bertz CT molecular complexity index is 688. The number of benzene rings is 1. The molecule has 0 spiro atoms. The van der Waals surface area contributed by atoms with Crippen LogP contribution < -0.4 is 10.6 Å². The molecular weight excluding hydrogens is 314 g/mol. The fourth-order valence-corrected chi connectivity index (χ4v) is 1.79. The monoisotopic (exact) mass is 325 g/mol. The van der Waals surface area contributed by atoms with Gasteiger partial charge in [-0.1, -0.05) is 0 Å². The molecule has 0 saturated heterocycles. The molecule has 1 aromatic rings. The Morgan fingerprint density at radius 2 is 1.30 bits per heavy atom. The van der Waals surface area contributed by atoms with E-state index in [1.54, 1.807) is 0 Å². The van der Waals surface area contributed by atoms with E-state index in [9.17, 15) is 29.3 Å². The maximum absolute atomic E-state index is 11.3. The highest BCUT2D eigenvalue weighted by molar-refractivity contribution is 6.12. The average Bonchev–Trinajstić information content (AvgIpc) is 2.35. The Labute approximate surface area is 128 Å². The van der Waals surface area contributed by atoms with E-state index < -0.39 is 56.9 Å². The van der Waals surface area contributed by atoms with Crippen LogP contribution in [0.2, 0.25) is 0 Å². The van der Waals surface area contributed by atoms with Gasteiger partial charge in [-0.2, -0.15) is 0 Å². The van der Waals surface area contributed by atoms with Crippen LogP contribution in [0.1, 0.15) is 34.6 Å². The first-order valence-electron chi connectivity index (χ1n) is 5.93. The maximum Gasteiger partial charge on any atom is 0.338 e. The second kappa shape index (κ2) is 6.51. The van der Waals surface area contributed by atoms with E-state index in [0.29, 0.717) is 6.07 Å². The second-order valence-electron chi connectivity index (χ2n) is 4.30. The molecule has 0 aliphatic carbocycles. The van der Waals surface area contributed by atoms with Gasteiger partial charge in [-0.05, 0) is 6.07 Å². The Kier molecular flexibility index (Phi) is 4.97. The van der Waals surface area contributed by atoms with Crippen molar-refractivity contribution in [3.63, 3.8) is 0 Å². The largest absolute Gasteiger partial charge is 0.478 e. The Hall–Kier alpha value is -3.50. The average molecular weight is 325 g/mol. The molecular formula is C12H11N3O8. The van der Waals surface area contributed by atoms with Crippen molar-refractivity contribution in [2.45, 2.75) is 13.8 Å². The van der Waals surface area contributed by atoms with Gasteiger partial charge in [0.2, 0.25) is 11.8 Å². The summed E-state index contributed by atoms with van der Waals surface area (Å²) in [5, 5.41) is 33.4.